The average Bonchev–Trinajstić information content (AvgIpc) is 3.27. The van der Waals surface area contributed by atoms with Crippen molar-refractivity contribution in [2.75, 3.05) is 38.2 Å². The maximum atomic E-state index is 13.3. The van der Waals surface area contributed by atoms with Gasteiger partial charge in [-0.1, -0.05) is 0 Å². The van der Waals surface area contributed by atoms with Crippen LogP contribution in [-0.4, -0.2) is 77.7 Å². The van der Waals surface area contributed by atoms with Crippen LogP contribution in [0.25, 0.3) is 0 Å². The van der Waals surface area contributed by atoms with E-state index in [0.717, 1.165) is 16.8 Å². The molecule has 0 bridgehead atoms. The number of piperazine rings is 1. The van der Waals surface area contributed by atoms with Gasteiger partial charge in [-0.2, -0.15) is 14.2 Å². The van der Waals surface area contributed by atoms with Crippen molar-refractivity contribution in [3.8, 4) is 0 Å². The summed E-state index contributed by atoms with van der Waals surface area (Å²) in [4.78, 5) is 3.54. The molecule has 10 nitrogen and oxygen atoms in total. The van der Waals surface area contributed by atoms with E-state index < -0.39 is 10.0 Å². The van der Waals surface area contributed by atoms with Crippen molar-refractivity contribution in [2.45, 2.75) is 24.0 Å². The van der Waals surface area contributed by atoms with Gasteiger partial charge in [0.05, 0.1) is 25.5 Å². The normalized spacial score (nSPS) is 19.7. The summed E-state index contributed by atoms with van der Waals surface area (Å²) in [6.45, 7) is 4.32. The lowest BCUT2D eigenvalue weighted by atomic mass is 9.93. The molecule has 2 aromatic carbocycles. The first-order valence-electron chi connectivity index (χ1n) is 11.6. The zero-order valence-corrected chi connectivity index (χ0v) is 20.9. The first-order chi connectivity index (χ1) is 17.3. The molecule has 3 aromatic rings. The predicted octanol–water partition coefficient (Wildman–Crippen LogP) is 2.45. The third-order valence-corrected chi connectivity index (χ3v) is 8.46. The highest BCUT2D eigenvalue weighted by Gasteiger charge is 2.41. The number of anilines is 2. The number of sulfonamides is 1. The number of aryl methyl sites for hydroxylation is 2. The van der Waals surface area contributed by atoms with Crippen LogP contribution in [0, 0.1) is 18.2 Å². The lowest BCUT2D eigenvalue weighted by Gasteiger charge is -2.47. The average molecular weight is 514 g/mol. The van der Waals surface area contributed by atoms with Crippen molar-refractivity contribution < 1.29 is 17.5 Å². The molecule has 2 N–H and O–H groups in total. The van der Waals surface area contributed by atoms with Gasteiger partial charge < -0.3 is 15.5 Å². The fourth-order valence-corrected chi connectivity index (χ4v) is 6.04. The van der Waals surface area contributed by atoms with E-state index in [4.69, 9.17) is 10.1 Å². The van der Waals surface area contributed by atoms with Crippen molar-refractivity contribution in [2.24, 2.45) is 7.05 Å². The van der Waals surface area contributed by atoms with Crippen LogP contribution in [0.4, 0.5) is 15.8 Å². The Hall–Kier alpha value is -3.19. The Labute approximate surface area is 209 Å². The summed E-state index contributed by atoms with van der Waals surface area (Å²) < 4.78 is 46.9. The summed E-state index contributed by atoms with van der Waals surface area (Å²) in [5.41, 5.74) is 3.98. The largest absolute Gasteiger partial charge is 0.378 e. The van der Waals surface area contributed by atoms with E-state index in [-0.39, 0.29) is 29.5 Å². The minimum atomic E-state index is -3.81. The van der Waals surface area contributed by atoms with Crippen LogP contribution >= 0.6 is 0 Å². The molecule has 36 heavy (non-hydrogen) atoms. The summed E-state index contributed by atoms with van der Waals surface area (Å²) in [5.74, 6) is -0.322. The van der Waals surface area contributed by atoms with Gasteiger partial charge in [-0.3, -0.25) is 4.90 Å². The molecule has 0 aliphatic carbocycles. The molecule has 0 saturated carbocycles. The summed E-state index contributed by atoms with van der Waals surface area (Å²) in [5, 5.41) is 19.2. The Bertz CT molecular complexity index is 1370. The molecule has 0 radical (unpaired) electrons. The predicted molar refractivity (Wildman–Crippen MR) is 133 cm³/mol. The molecular formula is C24H28FN7O3S. The van der Waals surface area contributed by atoms with Crippen LogP contribution < -0.4 is 5.32 Å². The first-order valence-corrected chi connectivity index (χ1v) is 13.1. The molecule has 2 aliphatic rings. The quantitative estimate of drug-likeness (QED) is 0.466. The van der Waals surface area contributed by atoms with Crippen LogP contribution in [0.3, 0.4) is 0 Å². The molecular weight excluding hydrogens is 485 g/mol. The minimum absolute atomic E-state index is 0.0695. The minimum Gasteiger partial charge on any atom is -0.378 e. The summed E-state index contributed by atoms with van der Waals surface area (Å²) in [6, 6.07) is 9.89. The van der Waals surface area contributed by atoms with E-state index in [1.807, 2.05) is 19.1 Å². The second-order valence-corrected chi connectivity index (χ2v) is 10.9. The van der Waals surface area contributed by atoms with Crippen molar-refractivity contribution in [3.05, 3.63) is 65.1 Å². The van der Waals surface area contributed by atoms with Gasteiger partial charge in [0.15, 0.2) is 0 Å². The van der Waals surface area contributed by atoms with Crippen molar-refractivity contribution in [1.29, 1.82) is 5.41 Å². The molecule has 0 unspecified atom stereocenters. The molecule has 2 saturated heterocycles. The maximum absolute atomic E-state index is 13.3. The second kappa shape index (κ2) is 9.69. The number of benzene rings is 2. The number of aromatic nitrogens is 3. The van der Waals surface area contributed by atoms with Gasteiger partial charge >= 0.3 is 0 Å². The Morgan fingerprint density at radius 3 is 2.56 bits per heavy atom. The number of nitrogens with one attached hydrogen (secondary N) is 2. The zero-order valence-electron chi connectivity index (χ0n) is 20.1. The number of rotatable bonds is 7. The van der Waals surface area contributed by atoms with Crippen LogP contribution in [-0.2, 0) is 21.8 Å². The topological polar surface area (TPSA) is 116 Å². The molecule has 5 rings (SSSR count). The Morgan fingerprint density at radius 1 is 1.19 bits per heavy atom. The van der Waals surface area contributed by atoms with Crippen molar-refractivity contribution in [1.82, 2.24) is 24.2 Å². The molecule has 0 amide bonds. The smallest absolute Gasteiger partial charge is 0.264 e. The molecule has 2 fully saturated rings. The monoisotopic (exact) mass is 513 g/mol. The molecule has 0 spiro atoms. The first kappa shape index (κ1) is 24.5. The Kier molecular flexibility index (Phi) is 6.60. The third kappa shape index (κ3) is 4.64. The highest BCUT2D eigenvalue weighted by atomic mass is 32.2. The standard InChI is InChI=1S/C24H28FN7O3S/c1-16-9-22(28-19-5-3-18(25)4-6-19)17(11-26)10-21(16)23-13-31(7-8-32(23)20-14-35-15-20)36(33,34)24-12-27-30(2)29-24/h3-6,9-12,20,23,26,28H,7-8,13-15H2,1-2H3/t23-/m0/s1. The zero-order chi connectivity index (χ0) is 25.4. The van der Waals surface area contributed by atoms with E-state index in [1.54, 1.807) is 19.2 Å². The van der Waals surface area contributed by atoms with Gasteiger partial charge in [-0.15, -0.1) is 5.10 Å². The molecule has 2 aliphatic heterocycles. The highest BCUT2D eigenvalue weighted by molar-refractivity contribution is 7.89. The summed E-state index contributed by atoms with van der Waals surface area (Å²) in [7, 11) is -2.22. The van der Waals surface area contributed by atoms with Crippen LogP contribution in [0.2, 0.25) is 0 Å². The lowest BCUT2D eigenvalue weighted by molar-refractivity contribution is -0.0912. The number of hydrogen-bond donors (Lipinski definition) is 2. The highest BCUT2D eigenvalue weighted by Crippen LogP contribution is 2.36. The number of ether oxygens (including phenoxy) is 1. The molecule has 3 heterocycles. The van der Waals surface area contributed by atoms with Gasteiger partial charge in [0.1, 0.15) is 5.82 Å². The molecule has 12 heteroatoms. The van der Waals surface area contributed by atoms with E-state index in [0.29, 0.717) is 37.6 Å². The lowest BCUT2D eigenvalue weighted by Crippen LogP contribution is -2.58. The number of nitrogens with zero attached hydrogens (tertiary/aromatic N) is 5. The van der Waals surface area contributed by atoms with Crippen molar-refractivity contribution >= 4 is 27.6 Å². The van der Waals surface area contributed by atoms with E-state index in [2.05, 4.69) is 20.4 Å². The van der Waals surface area contributed by atoms with E-state index in [9.17, 15) is 12.8 Å². The number of halogens is 1. The van der Waals surface area contributed by atoms with E-state index in [1.165, 1.54) is 33.6 Å². The Morgan fingerprint density at radius 2 is 1.94 bits per heavy atom. The third-order valence-electron chi connectivity index (χ3n) is 6.73. The van der Waals surface area contributed by atoms with E-state index >= 15 is 0 Å². The second-order valence-electron chi connectivity index (χ2n) is 9.05. The summed E-state index contributed by atoms with van der Waals surface area (Å²) in [6.07, 6.45) is 2.54. The fourth-order valence-electron chi connectivity index (χ4n) is 4.71. The molecule has 190 valence electrons. The van der Waals surface area contributed by atoms with Gasteiger partial charge in [-0.25, -0.2) is 12.8 Å². The molecule has 1 aromatic heterocycles. The van der Waals surface area contributed by atoms with Crippen LogP contribution in [0.1, 0.15) is 22.7 Å². The fraction of sp³-hybridized carbons (Fsp3) is 0.375. The van der Waals surface area contributed by atoms with Gasteiger partial charge in [0.25, 0.3) is 10.0 Å². The van der Waals surface area contributed by atoms with Crippen molar-refractivity contribution in [3.63, 3.8) is 0 Å². The Balaban J connectivity index is 1.48. The van der Waals surface area contributed by atoms with Crippen LogP contribution in [0.5, 0.6) is 0 Å². The van der Waals surface area contributed by atoms with Gasteiger partial charge in [0.2, 0.25) is 5.03 Å². The summed E-state index contributed by atoms with van der Waals surface area (Å²) >= 11 is 0. The maximum Gasteiger partial charge on any atom is 0.264 e. The van der Waals surface area contributed by atoms with Gasteiger partial charge in [-0.05, 0) is 54.4 Å². The molecule has 1 atom stereocenters. The number of hydrogen-bond acceptors (Lipinski definition) is 8. The van der Waals surface area contributed by atoms with Gasteiger partial charge in [0, 0.05) is 55.9 Å². The van der Waals surface area contributed by atoms with Crippen LogP contribution in [0.15, 0.2) is 47.6 Å². The SMILES string of the molecule is Cc1cc(Nc2ccc(F)cc2)c(C=N)cc1[C@@H]1CN(S(=O)(=O)c2cnn(C)n2)CCN1C1COC1.